The van der Waals surface area contributed by atoms with Crippen molar-refractivity contribution in [2.24, 2.45) is 0 Å². The molecule has 0 saturated carbocycles. The van der Waals surface area contributed by atoms with E-state index in [2.05, 4.69) is 0 Å². The highest BCUT2D eigenvalue weighted by molar-refractivity contribution is 7.89. The lowest BCUT2D eigenvalue weighted by atomic mass is 10.2. The van der Waals surface area contributed by atoms with Crippen LogP contribution in [0, 0.1) is 17.1 Å². The number of hydrogen-bond donors (Lipinski definition) is 0. The molecule has 0 radical (unpaired) electrons. The summed E-state index contributed by atoms with van der Waals surface area (Å²) in [6, 6.07) is 13.3. The predicted octanol–water partition coefficient (Wildman–Crippen LogP) is 2.02. The van der Waals surface area contributed by atoms with E-state index in [-0.39, 0.29) is 29.4 Å². The molecule has 28 heavy (non-hydrogen) atoms. The highest BCUT2D eigenvalue weighted by Gasteiger charge is 2.29. The van der Waals surface area contributed by atoms with Crippen LogP contribution < -0.4 is 4.90 Å². The minimum absolute atomic E-state index is 0.00543. The summed E-state index contributed by atoms with van der Waals surface area (Å²) in [5.41, 5.74) is 0.905. The van der Waals surface area contributed by atoms with Crippen LogP contribution in [-0.2, 0) is 14.8 Å². The van der Waals surface area contributed by atoms with Crippen molar-refractivity contribution >= 4 is 21.7 Å². The summed E-state index contributed by atoms with van der Waals surface area (Å²) in [4.78, 5) is 13.8. The summed E-state index contributed by atoms with van der Waals surface area (Å²) in [5, 5.41) is 8.48. The van der Waals surface area contributed by atoms with E-state index in [1.807, 2.05) is 4.90 Å². The number of halogens is 1. The van der Waals surface area contributed by atoms with Crippen LogP contribution in [0.5, 0.6) is 0 Å². The molecular formula is C19H18FN3O4S. The molecule has 0 amide bonds. The summed E-state index contributed by atoms with van der Waals surface area (Å²) in [6.45, 7) is 1.07. The molecule has 0 aromatic heterocycles. The molecule has 2 aromatic carbocycles. The highest BCUT2D eigenvalue weighted by atomic mass is 32.2. The molecule has 1 heterocycles. The number of hydrogen-bond acceptors (Lipinski definition) is 6. The van der Waals surface area contributed by atoms with Crippen LogP contribution in [0.3, 0.4) is 0 Å². The SMILES string of the molecule is N#CCOC(=O)c1cccc(S(=O)(=O)N2CCN(c3ccc(F)cc3)CC2)c1. The van der Waals surface area contributed by atoms with Gasteiger partial charge >= 0.3 is 5.97 Å². The zero-order valence-electron chi connectivity index (χ0n) is 14.9. The zero-order valence-corrected chi connectivity index (χ0v) is 15.7. The third kappa shape index (κ3) is 4.30. The number of nitriles is 1. The number of rotatable bonds is 5. The number of piperazine rings is 1. The molecule has 1 fully saturated rings. The smallest absolute Gasteiger partial charge is 0.339 e. The Hall–Kier alpha value is -2.96. The Balaban J connectivity index is 1.71. The molecule has 3 rings (SSSR count). The largest absolute Gasteiger partial charge is 0.447 e. The molecule has 0 unspecified atom stereocenters. The first kappa shape index (κ1) is 19.8. The molecule has 0 aliphatic carbocycles. The number of carbonyl (C=O) groups is 1. The minimum atomic E-state index is -3.78. The zero-order chi connectivity index (χ0) is 20.1. The fourth-order valence-corrected chi connectivity index (χ4v) is 4.42. The Morgan fingerprint density at radius 1 is 1.11 bits per heavy atom. The van der Waals surface area contributed by atoms with Gasteiger partial charge in [0, 0.05) is 31.9 Å². The number of nitrogens with zero attached hydrogens (tertiary/aromatic N) is 3. The van der Waals surface area contributed by atoms with Gasteiger partial charge in [0.2, 0.25) is 10.0 Å². The molecular weight excluding hydrogens is 385 g/mol. The number of ether oxygens (including phenoxy) is 1. The Morgan fingerprint density at radius 2 is 1.79 bits per heavy atom. The molecule has 146 valence electrons. The van der Waals surface area contributed by atoms with Crippen LogP contribution in [-0.4, -0.2) is 51.5 Å². The van der Waals surface area contributed by atoms with Crippen molar-refractivity contribution in [2.75, 3.05) is 37.7 Å². The standard InChI is InChI=1S/C19H18FN3O4S/c20-16-4-6-17(7-5-16)22-9-11-23(12-10-22)28(25,26)18-3-1-2-15(14-18)19(24)27-13-8-21/h1-7,14H,9-13H2. The van der Waals surface area contributed by atoms with Crippen molar-refractivity contribution in [3.05, 3.63) is 59.9 Å². The van der Waals surface area contributed by atoms with Crippen LogP contribution in [0.25, 0.3) is 0 Å². The summed E-state index contributed by atoms with van der Waals surface area (Å²) in [7, 11) is -3.78. The first-order valence-electron chi connectivity index (χ1n) is 8.56. The van der Waals surface area contributed by atoms with Gasteiger partial charge in [-0.2, -0.15) is 9.57 Å². The van der Waals surface area contributed by atoms with Crippen molar-refractivity contribution in [2.45, 2.75) is 4.90 Å². The van der Waals surface area contributed by atoms with Crippen LogP contribution in [0.2, 0.25) is 0 Å². The second kappa shape index (κ2) is 8.37. The first-order chi connectivity index (χ1) is 13.4. The van der Waals surface area contributed by atoms with Gasteiger partial charge in [-0.1, -0.05) is 6.07 Å². The minimum Gasteiger partial charge on any atom is -0.447 e. The average molecular weight is 403 g/mol. The maximum Gasteiger partial charge on any atom is 0.339 e. The maximum atomic E-state index is 13.1. The summed E-state index contributed by atoms with van der Waals surface area (Å²) in [6.07, 6.45) is 0. The summed E-state index contributed by atoms with van der Waals surface area (Å²) >= 11 is 0. The van der Waals surface area contributed by atoms with Crippen LogP contribution in [0.4, 0.5) is 10.1 Å². The Labute approximate surface area is 162 Å². The van der Waals surface area contributed by atoms with Crippen molar-refractivity contribution < 1.29 is 22.3 Å². The van der Waals surface area contributed by atoms with Crippen molar-refractivity contribution in [3.63, 3.8) is 0 Å². The lowest BCUT2D eigenvalue weighted by molar-refractivity contribution is 0.0554. The first-order valence-corrected chi connectivity index (χ1v) is 10.0. The van der Waals surface area contributed by atoms with Gasteiger partial charge in [-0.15, -0.1) is 0 Å². The van der Waals surface area contributed by atoms with Gasteiger partial charge in [0.15, 0.2) is 6.61 Å². The fraction of sp³-hybridized carbons (Fsp3) is 0.263. The topological polar surface area (TPSA) is 90.7 Å². The van der Waals surface area contributed by atoms with E-state index in [1.165, 1.54) is 40.7 Å². The van der Waals surface area contributed by atoms with Crippen LogP contribution in [0.15, 0.2) is 53.4 Å². The molecule has 2 aromatic rings. The molecule has 1 aliphatic heterocycles. The normalized spacial score (nSPS) is 15.1. The average Bonchev–Trinajstić information content (AvgIpc) is 2.72. The van der Waals surface area contributed by atoms with E-state index < -0.39 is 22.6 Å². The number of anilines is 1. The van der Waals surface area contributed by atoms with Gasteiger partial charge in [-0.25, -0.2) is 17.6 Å². The van der Waals surface area contributed by atoms with Crippen LogP contribution >= 0.6 is 0 Å². The Morgan fingerprint density at radius 3 is 2.43 bits per heavy atom. The van der Waals surface area contributed by atoms with Gasteiger partial charge < -0.3 is 9.64 Å². The third-order valence-electron chi connectivity index (χ3n) is 4.41. The van der Waals surface area contributed by atoms with Gasteiger partial charge in [0.1, 0.15) is 11.9 Å². The van der Waals surface area contributed by atoms with E-state index >= 15 is 0 Å². The lowest BCUT2D eigenvalue weighted by Crippen LogP contribution is -2.48. The molecule has 1 aliphatic rings. The molecule has 1 saturated heterocycles. The lowest BCUT2D eigenvalue weighted by Gasteiger charge is -2.35. The van der Waals surface area contributed by atoms with E-state index in [0.29, 0.717) is 13.1 Å². The van der Waals surface area contributed by atoms with E-state index in [0.717, 1.165) is 5.69 Å². The predicted molar refractivity (Wildman–Crippen MR) is 99.7 cm³/mol. The monoisotopic (exact) mass is 403 g/mol. The number of carbonyl (C=O) groups excluding carboxylic acids is 1. The third-order valence-corrected chi connectivity index (χ3v) is 6.30. The van der Waals surface area contributed by atoms with Gasteiger partial charge in [-0.3, -0.25) is 0 Å². The molecule has 0 spiro atoms. The van der Waals surface area contributed by atoms with E-state index in [1.54, 1.807) is 18.2 Å². The molecule has 9 heteroatoms. The van der Waals surface area contributed by atoms with Crippen molar-refractivity contribution in [1.29, 1.82) is 5.26 Å². The van der Waals surface area contributed by atoms with E-state index in [9.17, 15) is 17.6 Å². The quantitative estimate of drug-likeness (QED) is 0.710. The molecule has 0 bridgehead atoms. The summed E-state index contributed by atoms with van der Waals surface area (Å²) < 4.78 is 45.0. The molecule has 7 nitrogen and oxygen atoms in total. The van der Waals surface area contributed by atoms with Gasteiger partial charge in [-0.05, 0) is 42.5 Å². The number of benzene rings is 2. The fourth-order valence-electron chi connectivity index (χ4n) is 2.95. The Bertz CT molecular complexity index is 995. The van der Waals surface area contributed by atoms with Crippen molar-refractivity contribution in [3.8, 4) is 6.07 Å². The van der Waals surface area contributed by atoms with Crippen LogP contribution in [0.1, 0.15) is 10.4 Å². The second-order valence-corrected chi connectivity index (χ2v) is 8.07. The van der Waals surface area contributed by atoms with E-state index in [4.69, 9.17) is 10.00 Å². The number of sulfonamides is 1. The highest BCUT2D eigenvalue weighted by Crippen LogP contribution is 2.22. The summed E-state index contributed by atoms with van der Waals surface area (Å²) in [5.74, 6) is -1.07. The molecule has 0 atom stereocenters. The molecule has 0 N–H and O–H groups in total. The maximum absolute atomic E-state index is 13.1. The van der Waals surface area contributed by atoms with Gasteiger partial charge in [0.25, 0.3) is 0 Å². The number of esters is 1. The Kier molecular flexibility index (Phi) is 5.92. The van der Waals surface area contributed by atoms with Gasteiger partial charge in [0.05, 0.1) is 10.5 Å². The van der Waals surface area contributed by atoms with Crippen molar-refractivity contribution in [1.82, 2.24) is 4.31 Å². The second-order valence-electron chi connectivity index (χ2n) is 6.13.